The van der Waals surface area contributed by atoms with Crippen LogP contribution in [0.1, 0.15) is 58.8 Å². The van der Waals surface area contributed by atoms with E-state index in [0.717, 1.165) is 38.8 Å². The molecule has 0 bridgehead atoms. The Balaban J connectivity index is 1.92. The zero-order valence-corrected chi connectivity index (χ0v) is 11.8. The van der Waals surface area contributed by atoms with Gasteiger partial charge in [-0.1, -0.05) is 13.3 Å². The fraction of sp³-hybridized carbons (Fsp3) is 0.933. The third kappa shape index (κ3) is 3.05. The second-order valence-corrected chi connectivity index (χ2v) is 6.21. The Morgan fingerprint density at radius 2 is 1.94 bits per heavy atom. The SMILES string of the molecule is CCC1CCCCC1OC(=O)C1(C)CCNCC1. The standard InChI is InChI=1S/C15H27NO2/c1-3-12-6-4-5-7-13(12)18-14(17)15(2)8-10-16-11-9-15/h12-13,16H,3-11H2,1-2H3. The summed E-state index contributed by atoms with van der Waals surface area (Å²) < 4.78 is 5.87. The van der Waals surface area contributed by atoms with Gasteiger partial charge >= 0.3 is 5.97 Å². The highest BCUT2D eigenvalue weighted by Gasteiger charge is 2.38. The van der Waals surface area contributed by atoms with Crippen LogP contribution in [0.25, 0.3) is 0 Å². The summed E-state index contributed by atoms with van der Waals surface area (Å²) in [7, 11) is 0. The molecule has 0 radical (unpaired) electrons. The number of nitrogens with one attached hydrogen (secondary N) is 1. The molecule has 18 heavy (non-hydrogen) atoms. The van der Waals surface area contributed by atoms with E-state index in [-0.39, 0.29) is 17.5 Å². The van der Waals surface area contributed by atoms with E-state index in [9.17, 15) is 4.79 Å². The van der Waals surface area contributed by atoms with Crippen LogP contribution in [-0.4, -0.2) is 25.2 Å². The van der Waals surface area contributed by atoms with Gasteiger partial charge in [0.25, 0.3) is 0 Å². The smallest absolute Gasteiger partial charge is 0.312 e. The van der Waals surface area contributed by atoms with E-state index in [1.807, 2.05) is 0 Å². The van der Waals surface area contributed by atoms with Crippen LogP contribution >= 0.6 is 0 Å². The minimum atomic E-state index is -0.249. The molecule has 0 spiro atoms. The Morgan fingerprint density at radius 1 is 1.28 bits per heavy atom. The molecule has 0 aromatic carbocycles. The fourth-order valence-electron chi connectivity index (χ4n) is 3.26. The summed E-state index contributed by atoms with van der Waals surface area (Å²) in [5.74, 6) is 0.641. The molecule has 3 nitrogen and oxygen atoms in total. The lowest BCUT2D eigenvalue weighted by Crippen LogP contribution is -2.43. The first-order valence-corrected chi connectivity index (χ1v) is 7.57. The molecule has 1 aliphatic carbocycles. The molecule has 2 rings (SSSR count). The molecular weight excluding hydrogens is 226 g/mol. The predicted molar refractivity (Wildman–Crippen MR) is 72.3 cm³/mol. The average Bonchev–Trinajstić information content (AvgIpc) is 2.40. The van der Waals surface area contributed by atoms with Gasteiger partial charge in [0.2, 0.25) is 0 Å². The maximum absolute atomic E-state index is 12.4. The zero-order valence-electron chi connectivity index (χ0n) is 11.8. The zero-order chi connectivity index (χ0) is 13.0. The molecule has 2 aliphatic rings. The lowest BCUT2D eigenvalue weighted by atomic mass is 9.80. The number of carbonyl (C=O) groups excluding carboxylic acids is 1. The Kier molecular flexibility index (Phi) is 4.66. The van der Waals surface area contributed by atoms with Crippen LogP contribution in [-0.2, 0) is 9.53 Å². The first kappa shape index (κ1) is 13.9. The van der Waals surface area contributed by atoms with Crippen molar-refractivity contribution in [2.24, 2.45) is 11.3 Å². The minimum Gasteiger partial charge on any atom is -0.462 e. The summed E-state index contributed by atoms with van der Waals surface area (Å²) in [6.45, 7) is 6.16. The van der Waals surface area contributed by atoms with Crippen LogP contribution < -0.4 is 5.32 Å². The summed E-state index contributed by atoms with van der Waals surface area (Å²) in [5, 5.41) is 3.31. The molecule has 0 aromatic heterocycles. The van der Waals surface area contributed by atoms with Gasteiger partial charge in [0.1, 0.15) is 6.10 Å². The van der Waals surface area contributed by atoms with Crippen molar-refractivity contribution in [2.75, 3.05) is 13.1 Å². The van der Waals surface area contributed by atoms with E-state index in [1.165, 1.54) is 19.3 Å². The molecule has 2 fully saturated rings. The van der Waals surface area contributed by atoms with Gasteiger partial charge in [0, 0.05) is 0 Å². The number of rotatable bonds is 3. The van der Waals surface area contributed by atoms with Crippen molar-refractivity contribution in [3.63, 3.8) is 0 Å². The number of hydrogen-bond donors (Lipinski definition) is 1. The van der Waals surface area contributed by atoms with Gasteiger partial charge in [-0.05, 0) is 64.5 Å². The Bertz CT molecular complexity index is 284. The average molecular weight is 253 g/mol. The number of hydrogen-bond acceptors (Lipinski definition) is 3. The van der Waals surface area contributed by atoms with Crippen LogP contribution in [0, 0.1) is 11.3 Å². The van der Waals surface area contributed by atoms with Crippen molar-refractivity contribution in [1.82, 2.24) is 5.32 Å². The third-order valence-electron chi connectivity index (χ3n) is 4.82. The summed E-state index contributed by atoms with van der Waals surface area (Å²) in [6.07, 6.45) is 7.95. The van der Waals surface area contributed by atoms with Gasteiger partial charge in [-0.2, -0.15) is 0 Å². The Labute approximate surface area is 111 Å². The normalized spacial score (nSPS) is 31.9. The van der Waals surface area contributed by atoms with Gasteiger partial charge < -0.3 is 10.1 Å². The number of carbonyl (C=O) groups is 1. The monoisotopic (exact) mass is 253 g/mol. The van der Waals surface area contributed by atoms with Gasteiger partial charge in [0.05, 0.1) is 5.41 Å². The number of ether oxygens (including phenoxy) is 1. The molecule has 1 heterocycles. The summed E-state index contributed by atoms with van der Waals surface area (Å²) in [6, 6.07) is 0. The maximum Gasteiger partial charge on any atom is 0.312 e. The molecule has 3 heteroatoms. The molecule has 2 atom stereocenters. The first-order valence-electron chi connectivity index (χ1n) is 7.57. The van der Waals surface area contributed by atoms with Crippen LogP contribution in [0.2, 0.25) is 0 Å². The molecule has 0 aromatic rings. The van der Waals surface area contributed by atoms with E-state index < -0.39 is 0 Å². The second-order valence-electron chi connectivity index (χ2n) is 6.21. The highest BCUT2D eigenvalue weighted by Crippen LogP contribution is 2.34. The molecular formula is C15H27NO2. The fourth-order valence-corrected chi connectivity index (χ4v) is 3.26. The van der Waals surface area contributed by atoms with Crippen molar-refractivity contribution in [1.29, 1.82) is 0 Å². The van der Waals surface area contributed by atoms with Crippen LogP contribution in [0.4, 0.5) is 0 Å². The minimum absolute atomic E-state index is 0.0503. The highest BCUT2D eigenvalue weighted by atomic mass is 16.5. The Hall–Kier alpha value is -0.570. The molecule has 1 saturated heterocycles. The lowest BCUT2D eigenvalue weighted by Gasteiger charge is -2.36. The van der Waals surface area contributed by atoms with Crippen molar-refractivity contribution in [3.05, 3.63) is 0 Å². The van der Waals surface area contributed by atoms with Crippen molar-refractivity contribution in [2.45, 2.75) is 64.9 Å². The predicted octanol–water partition coefficient (Wildman–Crippen LogP) is 2.89. The van der Waals surface area contributed by atoms with Crippen molar-refractivity contribution in [3.8, 4) is 0 Å². The molecule has 1 saturated carbocycles. The maximum atomic E-state index is 12.4. The second kappa shape index (κ2) is 6.05. The van der Waals surface area contributed by atoms with Gasteiger partial charge in [-0.15, -0.1) is 0 Å². The largest absolute Gasteiger partial charge is 0.462 e. The summed E-state index contributed by atoms with van der Waals surface area (Å²) >= 11 is 0. The number of piperidine rings is 1. The van der Waals surface area contributed by atoms with E-state index in [0.29, 0.717) is 5.92 Å². The molecule has 1 N–H and O–H groups in total. The number of esters is 1. The van der Waals surface area contributed by atoms with Crippen LogP contribution in [0.5, 0.6) is 0 Å². The quantitative estimate of drug-likeness (QED) is 0.786. The van der Waals surface area contributed by atoms with Crippen molar-refractivity contribution < 1.29 is 9.53 Å². The molecule has 2 unspecified atom stereocenters. The van der Waals surface area contributed by atoms with E-state index in [4.69, 9.17) is 4.74 Å². The molecule has 1 aliphatic heterocycles. The molecule has 0 amide bonds. The van der Waals surface area contributed by atoms with E-state index >= 15 is 0 Å². The van der Waals surface area contributed by atoms with E-state index in [2.05, 4.69) is 19.2 Å². The van der Waals surface area contributed by atoms with Crippen LogP contribution in [0.15, 0.2) is 0 Å². The Morgan fingerprint density at radius 3 is 2.61 bits per heavy atom. The summed E-state index contributed by atoms with van der Waals surface area (Å²) in [5.41, 5.74) is -0.249. The molecule has 104 valence electrons. The van der Waals surface area contributed by atoms with E-state index in [1.54, 1.807) is 0 Å². The summed E-state index contributed by atoms with van der Waals surface area (Å²) in [4.78, 5) is 12.4. The lowest BCUT2D eigenvalue weighted by molar-refractivity contribution is -0.167. The van der Waals surface area contributed by atoms with Crippen molar-refractivity contribution >= 4 is 5.97 Å². The van der Waals surface area contributed by atoms with Crippen LogP contribution in [0.3, 0.4) is 0 Å². The topological polar surface area (TPSA) is 38.3 Å². The highest BCUT2D eigenvalue weighted by molar-refractivity contribution is 5.76. The third-order valence-corrected chi connectivity index (χ3v) is 4.82. The van der Waals surface area contributed by atoms with Gasteiger partial charge in [0.15, 0.2) is 0 Å². The first-order chi connectivity index (χ1) is 8.65. The van der Waals surface area contributed by atoms with Gasteiger partial charge in [-0.3, -0.25) is 4.79 Å². The van der Waals surface area contributed by atoms with Gasteiger partial charge in [-0.25, -0.2) is 0 Å².